The molecule has 0 aliphatic heterocycles. The van der Waals surface area contributed by atoms with E-state index in [4.69, 9.17) is 34.8 Å². The van der Waals surface area contributed by atoms with E-state index in [2.05, 4.69) is 5.32 Å². The molecule has 2 aliphatic rings. The summed E-state index contributed by atoms with van der Waals surface area (Å²) >= 11 is 18.4. The van der Waals surface area contributed by atoms with Gasteiger partial charge in [-0.1, -0.05) is 41.2 Å². The van der Waals surface area contributed by atoms with Gasteiger partial charge in [0.25, 0.3) is 0 Å². The molecule has 3 unspecified atom stereocenters. The molecule has 98 valence electrons. The molecule has 2 fully saturated rings. The number of hydrogen-bond acceptors (Lipinski definition) is 1. The van der Waals surface area contributed by atoms with Gasteiger partial charge in [0.2, 0.25) is 0 Å². The van der Waals surface area contributed by atoms with E-state index in [0.29, 0.717) is 27.7 Å². The average Bonchev–Trinajstić information content (AvgIpc) is 2.96. The largest absolute Gasteiger partial charge is 0.310 e. The molecule has 3 atom stereocenters. The molecule has 0 heterocycles. The minimum atomic E-state index is 0.575. The summed E-state index contributed by atoms with van der Waals surface area (Å²) in [5.74, 6) is 1.80. The van der Waals surface area contributed by atoms with Crippen LogP contribution in [0.25, 0.3) is 0 Å². The topological polar surface area (TPSA) is 12.0 Å². The summed E-state index contributed by atoms with van der Waals surface area (Å²) in [4.78, 5) is 0. The fourth-order valence-electron chi connectivity index (χ4n) is 3.46. The van der Waals surface area contributed by atoms with E-state index in [-0.39, 0.29) is 0 Å². The van der Waals surface area contributed by atoms with Crippen molar-refractivity contribution < 1.29 is 0 Å². The monoisotopic (exact) mass is 303 g/mol. The molecular weight excluding hydrogens is 289 g/mol. The second kappa shape index (κ2) is 5.20. The first-order chi connectivity index (χ1) is 8.65. The number of fused-ring (bicyclic) bond motifs is 2. The Kier molecular flexibility index (Phi) is 3.77. The highest BCUT2D eigenvalue weighted by atomic mass is 35.5. The third-order valence-electron chi connectivity index (χ3n) is 4.42. The van der Waals surface area contributed by atoms with Gasteiger partial charge >= 0.3 is 0 Å². The zero-order valence-corrected chi connectivity index (χ0v) is 12.3. The Hall–Kier alpha value is 0.0500. The highest BCUT2D eigenvalue weighted by Crippen LogP contribution is 2.44. The molecule has 2 saturated carbocycles. The minimum absolute atomic E-state index is 0.575. The lowest BCUT2D eigenvalue weighted by Gasteiger charge is -2.23. The summed E-state index contributed by atoms with van der Waals surface area (Å²) in [6.07, 6.45) is 5.50. The zero-order chi connectivity index (χ0) is 12.7. The maximum atomic E-state index is 6.21. The molecule has 0 radical (unpaired) electrons. The zero-order valence-electron chi connectivity index (χ0n) is 10.1. The van der Waals surface area contributed by atoms with Crippen LogP contribution >= 0.6 is 34.8 Å². The highest BCUT2D eigenvalue weighted by molar-refractivity contribution is 6.44. The predicted molar refractivity (Wildman–Crippen MR) is 77.5 cm³/mol. The first kappa shape index (κ1) is 13.1. The Morgan fingerprint density at radius 1 is 1.06 bits per heavy atom. The van der Waals surface area contributed by atoms with Crippen molar-refractivity contribution in [1.82, 2.24) is 5.32 Å². The van der Waals surface area contributed by atoms with Crippen LogP contribution in [0.2, 0.25) is 15.1 Å². The molecule has 4 heteroatoms. The maximum Gasteiger partial charge on any atom is 0.0652 e. The van der Waals surface area contributed by atoms with E-state index in [1.54, 1.807) is 6.07 Å². The van der Waals surface area contributed by atoms with E-state index in [0.717, 1.165) is 17.4 Å². The van der Waals surface area contributed by atoms with Crippen LogP contribution in [0, 0.1) is 11.8 Å². The Bertz CT molecular complexity index is 461. The number of hydrogen-bond donors (Lipinski definition) is 1. The normalized spacial score (nSPS) is 30.1. The van der Waals surface area contributed by atoms with Crippen molar-refractivity contribution in [3.63, 3.8) is 0 Å². The molecule has 1 N–H and O–H groups in total. The summed E-state index contributed by atoms with van der Waals surface area (Å²) in [5, 5.41) is 5.46. The molecule has 0 saturated heterocycles. The Balaban J connectivity index is 1.68. The molecule has 1 nitrogen and oxygen atoms in total. The number of rotatable bonds is 3. The number of benzene rings is 1. The van der Waals surface area contributed by atoms with Crippen molar-refractivity contribution >= 4 is 34.8 Å². The van der Waals surface area contributed by atoms with Gasteiger partial charge in [0.15, 0.2) is 0 Å². The summed E-state index contributed by atoms with van der Waals surface area (Å²) in [5.41, 5.74) is 0.925. The van der Waals surface area contributed by atoms with Crippen molar-refractivity contribution in [2.45, 2.75) is 38.3 Å². The minimum Gasteiger partial charge on any atom is -0.310 e. The van der Waals surface area contributed by atoms with Gasteiger partial charge in [0.1, 0.15) is 0 Å². The molecule has 18 heavy (non-hydrogen) atoms. The van der Waals surface area contributed by atoms with Crippen molar-refractivity contribution in [3.05, 3.63) is 32.8 Å². The average molecular weight is 305 g/mol. The molecular formula is C14H16Cl3N. The van der Waals surface area contributed by atoms with Crippen LogP contribution in [-0.4, -0.2) is 6.04 Å². The van der Waals surface area contributed by atoms with Gasteiger partial charge in [-0.15, -0.1) is 0 Å². The molecule has 1 aromatic carbocycles. The van der Waals surface area contributed by atoms with Crippen LogP contribution in [0.1, 0.15) is 31.2 Å². The van der Waals surface area contributed by atoms with Crippen LogP contribution in [0.15, 0.2) is 12.1 Å². The molecule has 0 amide bonds. The predicted octanol–water partition coefficient (Wildman–Crippen LogP) is 4.93. The summed E-state index contributed by atoms with van der Waals surface area (Å²) in [6, 6.07) is 4.19. The molecule has 1 aromatic rings. The van der Waals surface area contributed by atoms with Crippen LogP contribution in [0.5, 0.6) is 0 Å². The van der Waals surface area contributed by atoms with Gasteiger partial charge in [-0.2, -0.15) is 0 Å². The third-order valence-corrected chi connectivity index (χ3v) is 5.62. The van der Waals surface area contributed by atoms with Crippen molar-refractivity contribution in [2.75, 3.05) is 0 Å². The highest BCUT2D eigenvalue weighted by Gasteiger charge is 2.39. The standard InChI is InChI=1S/C14H16Cl3N/c15-11-3-4-12(16)14(17)10(11)7-18-13-6-8-1-2-9(13)5-8/h3-4,8-9,13,18H,1-2,5-7H2. The Morgan fingerprint density at radius 2 is 1.83 bits per heavy atom. The Morgan fingerprint density at radius 3 is 2.50 bits per heavy atom. The lowest BCUT2D eigenvalue weighted by molar-refractivity contribution is 0.351. The fourth-order valence-corrected chi connectivity index (χ4v) is 4.14. The van der Waals surface area contributed by atoms with Crippen LogP contribution < -0.4 is 5.32 Å². The van der Waals surface area contributed by atoms with Crippen LogP contribution in [0.4, 0.5) is 0 Å². The van der Waals surface area contributed by atoms with E-state index < -0.39 is 0 Å². The van der Waals surface area contributed by atoms with E-state index >= 15 is 0 Å². The van der Waals surface area contributed by atoms with Crippen molar-refractivity contribution in [2.24, 2.45) is 11.8 Å². The van der Waals surface area contributed by atoms with Crippen molar-refractivity contribution in [1.29, 1.82) is 0 Å². The number of nitrogens with one attached hydrogen (secondary N) is 1. The fraction of sp³-hybridized carbons (Fsp3) is 0.571. The van der Waals surface area contributed by atoms with Gasteiger partial charge < -0.3 is 5.32 Å². The second-order valence-electron chi connectivity index (χ2n) is 5.48. The molecule has 0 aromatic heterocycles. The third kappa shape index (κ3) is 2.38. The lowest BCUT2D eigenvalue weighted by atomic mass is 9.95. The first-order valence-corrected chi connectivity index (χ1v) is 7.64. The number of halogens is 3. The van der Waals surface area contributed by atoms with E-state index in [1.165, 1.54) is 25.7 Å². The van der Waals surface area contributed by atoms with E-state index in [9.17, 15) is 0 Å². The Labute approximate surface area is 123 Å². The molecule has 2 aliphatic carbocycles. The van der Waals surface area contributed by atoms with Gasteiger partial charge in [0, 0.05) is 23.2 Å². The lowest BCUT2D eigenvalue weighted by Crippen LogP contribution is -2.33. The molecule has 2 bridgehead atoms. The summed E-state index contributed by atoms with van der Waals surface area (Å²) in [7, 11) is 0. The SMILES string of the molecule is Clc1ccc(Cl)c(CNC2CC3CCC2C3)c1Cl. The summed E-state index contributed by atoms with van der Waals surface area (Å²) in [6.45, 7) is 0.714. The van der Waals surface area contributed by atoms with Crippen molar-refractivity contribution in [3.8, 4) is 0 Å². The first-order valence-electron chi connectivity index (χ1n) is 6.51. The maximum absolute atomic E-state index is 6.21. The van der Waals surface area contributed by atoms with Gasteiger partial charge in [-0.05, 0) is 43.2 Å². The van der Waals surface area contributed by atoms with E-state index in [1.807, 2.05) is 6.07 Å². The molecule has 0 spiro atoms. The van der Waals surface area contributed by atoms with Gasteiger partial charge in [-0.25, -0.2) is 0 Å². The second-order valence-corrected chi connectivity index (χ2v) is 6.68. The van der Waals surface area contributed by atoms with Gasteiger partial charge in [0.05, 0.1) is 10.0 Å². The van der Waals surface area contributed by atoms with Gasteiger partial charge in [-0.3, -0.25) is 0 Å². The molecule has 3 rings (SSSR count). The smallest absolute Gasteiger partial charge is 0.0652 e. The quantitative estimate of drug-likeness (QED) is 0.781. The summed E-state index contributed by atoms with van der Waals surface area (Å²) < 4.78 is 0. The van der Waals surface area contributed by atoms with Crippen LogP contribution in [-0.2, 0) is 6.54 Å². The van der Waals surface area contributed by atoms with Crippen LogP contribution in [0.3, 0.4) is 0 Å².